The van der Waals surface area contributed by atoms with Gasteiger partial charge in [0, 0.05) is 23.6 Å². The normalized spacial score (nSPS) is 32.0. The summed E-state index contributed by atoms with van der Waals surface area (Å²) in [5, 5.41) is 22.5. The van der Waals surface area contributed by atoms with Crippen molar-refractivity contribution in [2.45, 2.75) is 28.5 Å². The Kier molecular flexibility index (Phi) is 6.67. The number of phenols is 1. The van der Waals surface area contributed by atoms with Crippen LogP contribution < -0.4 is 9.64 Å². The van der Waals surface area contributed by atoms with Crippen LogP contribution in [-0.2, 0) is 19.2 Å². The highest BCUT2D eigenvalue weighted by atomic mass is 79.9. The number of amides is 4. The summed E-state index contributed by atoms with van der Waals surface area (Å²) in [4.78, 5) is 63.7. The zero-order valence-electron chi connectivity index (χ0n) is 21.8. The van der Waals surface area contributed by atoms with E-state index in [4.69, 9.17) is 27.9 Å². The van der Waals surface area contributed by atoms with E-state index in [1.165, 1.54) is 31.4 Å². The third kappa shape index (κ3) is 3.58. The van der Waals surface area contributed by atoms with Crippen molar-refractivity contribution >= 4 is 74.1 Å². The van der Waals surface area contributed by atoms with Gasteiger partial charge < -0.3 is 9.84 Å². The Morgan fingerprint density at radius 1 is 1.10 bits per heavy atom. The lowest BCUT2D eigenvalue weighted by molar-refractivity contribution is -0.384. The van der Waals surface area contributed by atoms with Crippen molar-refractivity contribution in [1.82, 2.24) is 4.90 Å². The Labute approximate surface area is 257 Å². The van der Waals surface area contributed by atoms with Crippen molar-refractivity contribution in [3.05, 3.63) is 69.8 Å². The van der Waals surface area contributed by atoms with Gasteiger partial charge in [-0.05, 0) is 37.0 Å². The number of carbonyl (C=O) groups excluding carboxylic acids is 4. The second-order valence-corrected chi connectivity index (χ2v) is 12.4. The van der Waals surface area contributed by atoms with Gasteiger partial charge in [-0.15, -0.1) is 23.2 Å². The molecule has 0 aromatic heterocycles. The van der Waals surface area contributed by atoms with Gasteiger partial charge >= 0.3 is 0 Å². The number of imide groups is 2. The maximum absolute atomic E-state index is 14.1. The number of hydrogen-bond donors (Lipinski definition) is 1. The standard InChI is InChI=1S/C28H22BrCl2N3O8/c1-42-19-7-3-6-18(35)21(19)22-15-8-9-16-20(17(15)11-27(30)25(38)32(12-29)26(39)28(22,27)31)24(37)33(23(16)36)13-4-2-5-14(10-13)34(40)41/h2-8,10,16-17,20,22,35H,9,11-12H2,1H3/t16-,17+,20-,22+,27+,28-/m0/s1. The molecule has 4 amide bonds. The molecule has 1 saturated carbocycles. The number of phenolic OH excluding ortho intramolecular Hbond substituents is 1. The second kappa shape index (κ2) is 9.78. The average molecular weight is 679 g/mol. The number of nitro benzene ring substituents is 1. The van der Waals surface area contributed by atoms with Gasteiger partial charge in [0.25, 0.3) is 17.5 Å². The third-order valence-electron chi connectivity index (χ3n) is 8.87. The minimum Gasteiger partial charge on any atom is -0.508 e. The van der Waals surface area contributed by atoms with E-state index in [1.807, 2.05) is 0 Å². The van der Waals surface area contributed by atoms with E-state index in [1.54, 1.807) is 18.2 Å². The predicted molar refractivity (Wildman–Crippen MR) is 154 cm³/mol. The van der Waals surface area contributed by atoms with E-state index >= 15 is 0 Å². The summed E-state index contributed by atoms with van der Waals surface area (Å²) in [5.41, 5.74) is 0.171. The highest BCUT2D eigenvalue weighted by molar-refractivity contribution is 9.09. The number of non-ortho nitro benzene ring substituents is 1. The van der Waals surface area contributed by atoms with Gasteiger partial charge in [-0.25, -0.2) is 4.90 Å². The monoisotopic (exact) mass is 677 g/mol. The van der Waals surface area contributed by atoms with Gasteiger partial charge in [-0.2, -0.15) is 0 Å². The second-order valence-electron chi connectivity index (χ2n) is 10.7. The fourth-order valence-corrected chi connectivity index (χ4v) is 8.48. The third-order valence-corrected chi connectivity index (χ3v) is 10.8. The Bertz CT molecular complexity index is 1630. The molecule has 3 fully saturated rings. The summed E-state index contributed by atoms with van der Waals surface area (Å²) >= 11 is 17.5. The molecule has 2 aromatic rings. The lowest BCUT2D eigenvalue weighted by Crippen LogP contribution is -2.60. The first-order chi connectivity index (χ1) is 19.9. The lowest BCUT2D eigenvalue weighted by Gasteiger charge is -2.50. The van der Waals surface area contributed by atoms with Gasteiger partial charge in [-0.3, -0.25) is 34.2 Å². The van der Waals surface area contributed by atoms with E-state index in [-0.39, 0.29) is 46.7 Å². The number of nitro groups is 1. The van der Waals surface area contributed by atoms with Crippen molar-refractivity contribution in [3.8, 4) is 11.5 Å². The molecule has 2 saturated heterocycles. The minimum atomic E-state index is -2.11. The summed E-state index contributed by atoms with van der Waals surface area (Å²) < 4.78 is 5.54. The number of halogens is 3. The molecule has 0 radical (unpaired) electrons. The highest BCUT2D eigenvalue weighted by Gasteiger charge is 2.76. The summed E-state index contributed by atoms with van der Waals surface area (Å²) in [6.45, 7) is 0. The van der Waals surface area contributed by atoms with Crippen molar-refractivity contribution < 1.29 is 33.9 Å². The number of nitrogens with zero attached hydrogens (tertiary/aromatic N) is 3. The first-order valence-corrected chi connectivity index (χ1v) is 14.8. The SMILES string of the molecule is COc1cccc(O)c1[C@H]1C2=CC[C@@H]3C(=O)N(c4cccc([N+](=O)[O-])c4)C(=O)[C@@H]3[C@@H]2C[C@@]2(Cl)C(=O)N(CBr)C(=O)[C@@]12Cl. The Hall–Kier alpha value is -3.48. The molecule has 11 nitrogen and oxygen atoms in total. The molecule has 218 valence electrons. The number of alkyl halides is 3. The topological polar surface area (TPSA) is 147 Å². The molecule has 2 aromatic carbocycles. The number of ether oxygens (including phenoxy) is 1. The summed E-state index contributed by atoms with van der Waals surface area (Å²) in [5.74, 6) is -6.66. The molecule has 42 heavy (non-hydrogen) atoms. The zero-order chi connectivity index (χ0) is 30.3. The number of likely N-dealkylation sites (tertiary alicyclic amines) is 1. The molecular formula is C28H22BrCl2N3O8. The molecule has 0 spiro atoms. The maximum atomic E-state index is 14.1. The average Bonchev–Trinajstić information content (AvgIpc) is 3.31. The quantitative estimate of drug-likeness (QED) is 0.123. The molecule has 2 aliphatic heterocycles. The molecular weight excluding hydrogens is 657 g/mol. The fourth-order valence-electron chi connectivity index (χ4n) is 7.07. The van der Waals surface area contributed by atoms with Crippen LogP contribution in [0.3, 0.4) is 0 Å². The van der Waals surface area contributed by atoms with Crippen LogP contribution in [0.1, 0.15) is 24.3 Å². The number of aromatic hydroxyl groups is 1. The first-order valence-electron chi connectivity index (χ1n) is 12.9. The fraction of sp³-hybridized carbons (Fsp3) is 0.357. The van der Waals surface area contributed by atoms with Crippen LogP contribution in [0.15, 0.2) is 54.1 Å². The van der Waals surface area contributed by atoms with Gasteiger partial charge in [0.05, 0.1) is 35.0 Å². The summed E-state index contributed by atoms with van der Waals surface area (Å²) in [6.07, 6.45) is 1.57. The van der Waals surface area contributed by atoms with Crippen LogP contribution in [0.25, 0.3) is 0 Å². The Balaban J connectivity index is 1.54. The summed E-state index contributed by atoms with van der Waals surface area (Å²) in [7, 11) is 1.38. The van der Waals surface area contributed by atoms with Gasteiger partial charge in [0.1, 0.15) is 11.5 Å². The molecule has 4 aliphatic rings. The maximum Gasteiger partial charge on any atom is 0.271 e. The largest absolute Gasteiger partial charge is 0.508 e. The van der Waals surface area contributed by atoms with E-state index in [9.17, 15) is 34.4 Å². The minimum absolute atomic E-state index is 0.0507. The number of carbonyl (C=O) groups is 4. The van der Waals surface area contributed by atoms with Crippen molar-refractivity contribution in [1.29, 1.82) is 0 Å². The van der Waals surface area contributed by atoms with Gasteiger partial charge in [-0.1, -0.05) is 39.7 Å². The highest BCUT2D eigenvalue weighted by Crippen LogP contribution is 2.67. The molecule has 2 heterocycles. The number of methoxy groups -OCH3 is 1. The molecule has 0 bridgehead atoms. The number of rotatable bonds is 5. The van der Waals surface area contributed by atoms with Crippen LogP contribution >= 0.6 is 39.1 Å². The molecule has 14 heteroatoms. The first kappa shape index (κ1) is 28.6. The molecule has 6 rings (SSSR count). The Morgan fingerprint density at radius 3 is 2.48 bits per heavy atom. The van der Waals surface area contributed by atoms with Crippen molar-refractivity contribution in [2.24, 2.45) is 17.8 Å². The van der Waals surface area contributed by atoms with Crippen molar-refractivity contribution in [3.63, 3.8) is 0 Å². The van der Waals surface area contributed by atoms with E-state index in [0.717, 1.165) is 15.9 Å². The Morgan fingerprint density at radius 2 is 1.81 bits per heavy atom. The zero-order valence-corrected chi connectivity index (χ0v) is 24.9. The number of benzene rings is 2. The van der Waals surface area contributed by atoms with Crippen LogP contribution in [0.4, 0.5) is 11.4 Å². The number of hydrogen-bond acceptors (Lipinski definition) is 8. The predicted octanol–water partition coefficient (Wildman–Crippen LogP) is 4.22. The molecule has 6 atom stereocenters. The lowest BCUT2D eigenvalue weighted by atomic mass is 9.56. The van der Waals surface area contributed by atoms with Crippen LogP contribution in [0, 0.1) is 27.9 Å². The molecule has 0 unspecified atom stereocenters. The van der Waals surface area contributed by atoms with Crippen molar-refractivity contribution in [2.75, 3.05) is 17.5 Å². The van der Waals surface area contributed by atoms with E-state index in [0.29, 0.717) is 5.57 Å². The van der Waals surface area contributed by atoms with Crippen LogP contribution in [0.2, 0.25) is 0 Å². The number of anilines is 1. The number of fused-ring (bicyclic) bond motifs is 4. The van der Waals surface area contributed by atoms with Gasteiger partial charge in [0.15, 0.2) is 9.75 Å². The number of allylic oxidation sites excluding steroid dienone is 2. The van der Waals surface area contributed by atoms with Crippen LogP contribution in [-0.4, -0.2) is 60.9 Å². The van der Waals surface area contributed by atoms with E-state index in [2.05, 4.69) is 15.9 Å². The summed E-state index contributed by atoms with van der Waals surface area (Å²) in [6, 6.07) is 9.72. The van der Waals surface area contributed by atoms with E-state index < -0.39 is 62.0 Å². The van der Waals surface area contributed by atoms with Gasteiger partial charge in [0.2, 0.25) is 11.8 Å². The molecule has 1 N–H and O–H groups in total. The van der Waals surface area contributed by atoms with Crippen LogP contribution in [0.5, 0.6) is 11.5 Å². The molecule has 2 aliphatic carbocycles. The smallest absolute Gasteiger partial charge is 0.271 e.